The topological polar surface area (TPSA) is 119 Å². The fourth-order valence-corrected chi connectivity index (χ4v) is 10.7. The lowest BCUT2D eigenvalue weighted by molar-refractivity contribution is -0.146. The van der Waals surface area contributed by atoms with Crippen LogP contribution in [0.5, 0.6) is 5.75 Å². The number of carbonyl (C=O) groups excluding carboxylic acids is 2. The maximum atomic E-state index is 16.4. The number of nitrogens with zero attached hydrogens (tertiary/aromatic N) is 4. The molecule has 3 heterocycles. The molecule has 1 spiro atoms. The molecule has 1 saturated heterocycles. The molecule has 0 saturated carbocycles. The number of anilines is 2. The van der Waals surface area contributed by atoms with E-state index in [0.717, 1.165) is 22.4 Å². The van der Waals surface area contributed by atoms with E-state index >= 15 is 4.11 Å². The van der Waals surface area contributed by atoms with E-state index in [0.29, 0.717) is 35.7 Å². The third-order valence-electron chi connectivity index (χ3n) is 10.7. The van der Waals surface area contributed by atoms with Gasteiger partial charge in [0.15, 0.2) is 5.60 Å². The van der Waals surface area contributed by atoms with Crippen molar-refractivity contribution in [1.82, 2.24) is 15.0 Å². The van der Waals surface area contributed by atoms with Gasteiger partial charge in [0.05, 0.1) is 43.7 Å². The summed E-state index contributed by atoms with van der Waals surface area (Å²) in [6.45, 7) is 5.93. The van der Waals surface area contributed by atoms with Gasteiger partial charge < -0.3 is 28.9 Å². The first-order valence-electron chi connectivity index (χ1n) is 17.9. The smallest absolute Gasteiger partial charge is 0.264 e. The molecular formula is C41H44FN5O5Si. The van der Waals surface area contributed by atoms with Gasteiger partial charge in [0.1, 0.15) is 5.75 Å². The van der Waals surface area contributed by atoms with E-state index < -0.39 is 31.6 Å². The molecule has 4 aromatic carbocycles. The van der Waals surface area contributed by atoms with Crippen LogP contribution in [0.3, 0.4) is 0 Å². The SMILES string of the molecule is COc1ccc(C(=O)Nc2ccc(CN3C(=O)[C@@]4(O[C@@H](CCn5cc(C(CO)c6ccccc6)nn5)[C@H]([Si](C)(C)F)[C@H]4C)c4ccccc43)cc2)cc1. The number of aryl methyl sites for hydroxylation is 1. The number of hydrogen-bond acceptors (Lipinski definition) is 7. The lowest BCUT2D eigenvalue weighted by Crippen LogP contribution is -2.45. The van der Waals surface area contributed by atoms with Crippen molar-refractivity contribution in [2.45, 2.75) is 62.7 Å². The molecule has 2 aliphatic rings. The Hall–Kier alpha value is -5.17. The van der Waals surface area contributed by atoms with Gasteiger partial charge in [0, 0.05) is 41.0 Å². The molecule has 0 radical (unpaired) electrons. The Labute approximate surface area is 309 Å². The summed E-state index contributed by atoms with van der Waals surface area (Å²) in [6, 6.07) is 31.6. The maximum absolute atomic E-state index is 16.4. The number of aliphatic hydroxyl groups excluding tert-OH is 1. The summed E-state index contributed by atoms with van der Waals surface area (Å²) in [6.07, 6.45) is 1.73. The Morgan fingerprint density at radius 1 is 1.02 bits per heavy atom. The number of fused-ring (bicyclic) bond motifs is 2. The van der Waals surface area contributed by atoms with E-state index in [4.69, 9.17) is 9.47 Å². The van der Waals surface area contributed by atoms with Crippen LogP contribution in [0.4, 0.5) is 15.5 Å². The summed E-state index contributed by atoms with van der Waals surface area (Å²) in [5.74, 6) is -0.509. The Morgan fingerprint density at radius 2 is 1.72 bits per heavy atom. The van der Waals surface area contributed by atoms with Gasteiger partial charge in [-0.3, -0.25) is 14.3 Å². The number of para-hydroxylation sites is 1. The van der Waals surface area contributed by atoms with E-state index in [1.807, 2.05) is 92.0 Å². The van der Waals surface area contributed by atoms with Crippen LogP contribution in [0.1, 0.15) is 52.0 Å². The number of nitrogens with one attached hydrogen (secondary N) is 1. The van der Waals surface area contributed by atoms with Gasteiger partial charge in [0.25, 0.3) is 11.8 Å². The summed E-state index contributed by atoms with van der Waals surface area (Å²) >= 11 is 0. The average molecular weight is 734 g/mol. The van der Waals surface area contributed by atoms with Crippen molar-refractivity contribution in [3.05, 3.63) is 137 Å². The molecule has 2 aliphatic heterocycles. The second kappa shape index (κ2) is 14.7. The van der Waals surface area contributed by atoms with Crippen LogP contribution in [-0.4, -0.2) is 60.1 Å². The van der Waals surface area contributed by atoms with Crippen molar-refractivity contribution < 1.29 is 28.3 Å². The second-order valence-electron chi connectivity index (χ2n) is 14.4. The molecule has 53 heavy (non-hydrogen) atoms. The molecule has 0 bridgehead atoms. The third kappa shape index (κ3) is 6.89. The first kappa shape index (κ1) is 36.2. The molecule has 10 nitrogen and oxygen atoms in total. The van der Waals surface area contributed by atoms with Crippen LogP contribution in [0.2, 0.25) is 18.6 Å². The van der Waals surface area contributed by atoms with E-state index in [1.165, 1.54) is 0 Å². The molecule has 7 rings (SSSR count). The maximum Gasteiger partial charge on any atom is 0.264 e. The first-order chi connectivity index (χ1) is 25.5. The zero-order valence-corrected chi connectivity index (χ0v) is 31.3. The highest BCUT2D eigenvalue weighted by molar-refractivity contribution is 6.72. The Balaban J connectivity index is 1.09. The van der Waals surface area contributed by atoms with Crippen molar-refractivity contribution in [2.24, 2.45) is 5.92 Å². The number of amides is 2. The summed E-state index contributed by atoms with van der Waals surface area (Å²) in [4.78, 5) is 29.3. The highest BCUT2D eigenvalue weighted by Gasteiger charge is 2.66. The molecule has 1 aromatic heterocycles. The summed E-state index contributed by atoms with van der Waals surface area (Å²) in [5, 5.41) is 21.8. The minimum atomic E-state index is -3.36. The minimum absolute atomic E-state index is 0.110. The van der Waals surface area contributed by atoms with E-state index in [-0.39, 0.29) is 30.9 Å². The number of halogens is 1. The van der Waals surface area contributed by atoms with Gasteiger partial charge in [-0.05, 0) is 73.1 Å². The predicted molar refractivity (Wildman–Crippen MR) is 203 cm³/mol. The molecule has 0 aliphatic carbocycles. The monoisotopic (exact) mass is 733 g/mol. The van der Waals surface area contributed by atoms with Gasteiger partial charge in [-0.25, -0.2) is 0 Å². The molecule has 1 fully saturated rings. The molecule has 2 N–H and O–H groups in total. The molecule has 2 amide bonds. The van der Waals surface area contributed by atoms with Crippen molar-refractivity contribution in [2.75, 3.05) is 23.9 Å². The van der Waals surface area contributed by atoms with Gasteiger partial charge in [-0.15, -0.1) is 5.10 Å². The summed E-state index contributed by atoms with van der Waals surface area (Å²) in [5.41, 5.74) is 3.30. The van der Waals surface area contributed by atoms with Crippen LogP contribution >= 0.6 is 0 Å². The number of benzene rings is 4. The quantitative estimate of drug-likeness (QED) is 0.104. The van der Waals surface area contributed by atoms with Crippen LogP contribution in [0, 0.1) is 5.92 Å². The third-order valence-corrected chi connectivity index (χ3v) is 13.2. The minimum Gasteiger partial charge on any atom is -0.497 e. The lowest BCUT2D eigenvalue weighted by Gasteiger charge is -2.31. The Kier molecular flexibility index (Phi) is 10.0. The molecular weight excluding hydrogens is 690 g/mol. The number of aliphatic hydroxyl groups is 1. The highest BCUT2D eigenvalue weighted by atomic mass is 28.4. The van der Waals surface area contributed by atoms with Crippen LogP contribution < -0.4 is 15.0 Å². The lowest BCUT2D eigenvalue weighted by atomic mass is 9.82. The van der Waals surface area contributed by atoms with E-state index in [1.54, 1.807) is 54.1 Å². The first-order valence-corrected chi connectivity index (χ1v) is 20.9. The molecule has 274 valence electrons. The van der Waals surface area contributed by atoms with E-state index in [2.05, 4.69) is 15.6 Å². The Bertz CT molecular complexity index is 2070. The molecule has 5 atom stereocenters. The zero-order valence-electron chi connectivity index (χ0n) is 30.3. The number of methoxy groups -OCH3 is 1. The van der Waals surface area contributed by atoms with Gasteiger partial charge in [0.2, 0.25) is 8.41 Å². The number of rotatable bonds is 12. The van der Waals surface area contributed by atoms with Crippen molar-refractivity contribution in [3.63, 3.8) is 0 Å². The van der Waals surface area contributed by atoms with E-state index in [9.17, 15) is 14.7 Å². The van der Waals surface area contributed by atoms with Crippen molar-refractivity contribution in [1.29, 1.82) is 0 Å². The fourth-order valence-electron chi connectivity index (χ4n) is 8.15. The molecule has 5 aromatic rings. The number of aromatic nitrogens is 3. The van der Waals surface area contributed by atoms with Crippen LogP contribution in [-0.2, 0) is 28.2 Å². The average Bonchev–Trinajstić information content (AvgIpc) is 3.82. The van der Waals surface area contributed by atoms with Gasteiger partial charge in [-0.1, -0.05) is 72.8 Å². The Morgan fingerprint density at radius 3 is 2.40 bits per heavy atom. The summed E-state index contributed by atoms with van der Waals surface area (Å²) in [7, 11) is -1.78. The van der Waals surface area contributed by atoms with Gasteiger partial charge >= 0.3 is 0 Å². The predicted octanol–water partition coefficient (Wildman–Crippen LogP) is 7.08. The second-order valence-corrected chi connectivity index (χ2v) is 18.2. The number of hydrogen-bond donors (Lipinski definition) is 2. The largest absolute Gasteiger partial charge is 0.497 e. The van der Waals surface area contributed by atoms with Crippen LogP contribution in [0.15, 0.2) is 109 Å². The van der Waals surface area contributed by atoms with Crippen molar-refractivity contribution >= 4 is 31.6 Å². The number of carbonyl (C=O) groups is 2. The molecule has 1 unspecified atom stereocenters. The molecule has 12 heteroatoms. The standard InChI is InChI=1S/C41H44FN5O5Si/c1-27-38(53(3,4)42)37(22-23-46-25-35(44-45-46)33(26-48)29-10-6-5-7-11-29)52-41(27)34-12-8-9-13-36(34)47(40(41)50)24-28-14-18-31(19-15-28)43-39(49)30-16-20-32(51-2)21-17-30/h5-21,25,27,33,37-38,48H,22-24,26H2,1-4H3,(H,43,49)/t27-,33?,37+,38-,41+/m1/s1. The number of ether oxygens (including phenoxy) is 2. The van der Waals surface area contributed by atoms with Crippen LogP contribution in [0.25, 0.3) is 0 Å². The fraction of sp³-hybridized carbons (Fsp3) is 0.317. The van der Waals surface area contributed by atoms with Crippen molar-refractivity contribution in [3.8, 4) is 5.75 Å². The normalized spacial score (nSPS) is 21.5. The highest BCUT2D eigenvalue weighted by Crippen LogP contribution is 2.60. The van der Waals surface area contributed by atoms with Gasteiger partial charge in [-0.2, -0.15) is 0 Å². The summed E-state index contributed by atoms with van der Waals surface area (Å²) < 4.78 is 30.1. The zero-order chi connectivity index (χ0) is 37.3.